The van der Waals surface area contributed by atoms with Gasteiger partial charge in [-0.25, -0.2) is 0 Å². The van der Waals surface area contributed by atoms with E-state index in [2.05, 4.69) is 29.7 Å². The molecule has 0 bridgehead atoms. The summed E-state index contributed by atoms with van der Waals surface area (Å²) in [5.41, 5.74) is 9.00. The van der Waals surface area contributed by atoms with Crippen molar-refractivity contribution in [1.29, 1.82) is 0 Å². The summed E-state index contributed by atoms with van der Waals surface area (Å²) in [6.07, 6.45) is 0. The van der Waals surface area contributed by atoms with Gasteiger partial charge in [-0.3, -0.25) is 0 Å². The Bertz CT molecular complexity index is 485. The van der Waals surface area contributed by atoms with Crippen molar-refractivity contribution >= 4 is 22.5 Å². The highest BCUT2D eigenvalue weighted by Gasteiger charge is 2.11. The van der Waals surface area contributed by atoms with E-state index in [9.17, 15) is 0 Å². The van der Waals surface area contributed by atoms with Gasteiger partial charge in [-0.2, -0.15) is 0 Å². The summed E-state index contributed by atoms with van der Waals surface area (Å²) in [6, 6.07) is 6.26. The zero-order valence-electron chi connectivity index (χ0n) is 8.34. The summed E-state index contributed by atoms with van der Waals surface area (Å²) in [4.78, 5) is 0. The lowest BCUT2D eigenvalue weighted by molar-refractivity contribution is 0.849. The average molecular weight is 209 g/mol. The molecule has 0 unspecified atom stereocenters. The molecule has 14 heavy (non-hydrogen) atoms. The number of hydrogen-bond acceptors (Lipinski definition) is 1. The molecule has 0 amide bonds. The fourth-order valence-corrected chi connectivity index (χ4v) is 2.15. The van der Waals surface area contributed by atoms with Crippen LogP contribution in [-0.4, -0.2) is 4.57 Å². The molecule has 0 spiro atoms. The summed E-state index contributed by atoms with van der Waals surface area (Å²) < 4.78 is 2.05. The van der Waals surface area contributed by atoms with E-state index in [-0.39, 0.29) is 0 Å². The number of fused-ring (bicyclic) bond motifs is 1. The van der Waals surface area contributed by atoms with Crippen LogP contribution in [0.15, 0.2) is 18.2 Å². The van der Waals surface area contributed by atoms with E-state index in [1.807, 2.05) is 7.05 Å². The molecule has 3 heteroatoms. The Balaban J connectivity index is 2.87. The Morgan fingerprint density at radius 2 is 2.14 bits per heavy atom. The number of hydrogen-bond donors (Lipinski definition) is 1. The Morgan fingerprint density at radius 1 is 1.43 bits per heavy atom. The van der Waals surface area contributed by atoms with E-state index < -0.39 is 0 Å². The van der Waals surface area contributed by atoms with Gasteiger partial charge >= 0.3 is 0 Å². The van der Waals surface area contributed by atoms with Crippen molar-refractivity contribution in [3.05, 3.63) is 34.5 Å². The third kappa shape index (κ3) is 1.22. The molecular formula is C11H13ClN2. The molecule has 0 fully saturated rings. The van der Waals surface area contributed by atoms with Crippen LogP contribution in [0.5, 0.6) is 0 Å². The minimum atomic E-state index is 0.475. The molecular weight excluding hydrogens is 196 g/mol. The molecule has 1 aromatic heterocycles. The third-order valence-corrected chi connectivity index (χ3v) is 3.02. The second kappa shape index (κ2) is 3.30. The Labute approximate surface area is 88.3 Å². The molecule has 2 rings (SSSR count). The maximum Gasteiger partial charge on any atom is 0.0707 e. The molecule has 0 saturated heterocycles. The van der Waals surface area contributed by atoms with Gasteiger partial charge in [-0.05, 0) is 19.1 Å². The van der Waals surface area contributed by atoms with Crippen LogP contribution in [0.2, 0.25) is 5.02 Å². The quantitative estimate of drug-likeness (QED) is 0.768. The molecule has 2 nitrogen and oxygen atoms in total. The van der Waals surface area contributed by atoms with Gasteiger partial charge in [0.15, 0.2) is 0 Å². The lowest BCUT2D eigenvalue weighted by atomic mass is 10.2. The first kappa shape index (κ1) is 9.56. The predicted octanol–water partition coefficient (Wildman–Crippen LogP) is 2.60. The molecule has 2 aromatic rings. The van der Waals surface area contributed by atoms with Gasteiger partial charge < -0.3 is 10.3 Å². The monoisotopic (exact) mass is 208 g/mol. The van der Waals surface area contributed by atoms with Crippen LogP contribution >= 0.6 is 11.6 Å². The second-order valence-corrected chi connectivity index (χ2v) is 3.92. The van der Waals surface area contributed by atoms with Crippen molar-refractivity contribution in [3.63, 3.8) is 0 Å². The topological polar surface area (TPSA) is 30.9 Å². The van der Waals surface area contributed by atoms with Gasteiger partial charge in [-0.15, -0.1) is 0 Å². The van der Waals surface area contributed by atoms with Gasteiger partial charge in [0.2, 0.25) is 0 Å². The summed E-state index contributed by atoms with van der Waals surface area (Å²) in [7, 11) is 1.99. The van der Waals surface area contributed by atoms with Gasteiger partial charge in [-0.1, -0.05) is 23.2 Å². The molecule has 0 aliphatic heterocycles. The predicted molar refractivity (Wildman–Crippen MR) is 60.6 cm³/mol. The van der Waals surface area contributed by atoms with E-state index in [0.29, 0.717) is 6.54 Å². The molecule has 74 valence electrons. The molecule has 1 aromatic carbocycles. The summed E-state index contributed by atoms with van der Waals surface area (Å²) in [6.45, 7) is 2.54. The highest BCUT2D eigenvalue weighted by atomic mass is 35.5. The van der Waals surface area contributed by atoms with Crippen molar-refractivity contribution < 1.29 is 0 Å². The maximum atomic E-state index is 6.23. The van der Waals surface area contributed by atoms with Crippen LogP contribution in [0.4, 0.5) is 0 Å². The number of aromatic nitrogens is 1. The highest BCUT2D eigenvalue weighted by molar-refractivity contribution is 6.36. The highest BCUT2D eigenvalue weighted by Crippen LogP contribution is 2.30. The zero-order valence-corrected chi connectivity index (χ0v) is 9.10. The van der Waals surface area contributed by atoms with Crippen molar-refractivity contribution in [3.8, 4) is 0 Å². The van der Waals surface area contributed by atoms with Crippen molar-refractivity contribution in [1.82, 2.24) is 4.57 Å². The molecule has 0 radical (unpaired) electrons. The fraction of sp³-hybridized carbons (Fsp3) is 0.273. The molecule has 0 atom stereocenters. The molecule has 2 N–H and O–H groups in total. The number of nitrogens with zero attached hydrogens (tertiary/aromatic N) is 1. The first-order chi connectivity index (χ1) is 6.65. The zero-order chi connectivity index (χ0) is 10.3. The average Bonchev–Trinajstić information content (AvgIpc) is 2.39. The fourth-order valence-electron chi connectivity index (χ4n) is 1.79. The van der Waals surface area contributed by atoms with Gasteiger partial charge in [0, 0.05) is 24.5 Å². The molecule has 0 saturated carbocycles. The smallest absolute Gasteiger partial charge is 0.0707 e. The standard InChI is InChI=1S/C11H13ClN2/c1-7-3-4-9-8(5-7)11(12)10(6-13)14(9)2/h3-5H,6,13H2,1-2H3. The Kier molecular flexibility index (Phi) is 2.25. The van der Waals surface area contributed by atoms with E-state index >= 15 is 0 Å². The lowest BCUT2D eigenvalue weighted by Gasteiger charge is -2.00. The first-order valence-corrected chi connectivity index (χ1v) is 4.96. The minimum Gasteiger partial charge on any atom is -0.345 e. The van der Waals surface area contributed by atoms with Crippen LogP contribution in [0.25, 0.3) is 10.9 Å². The number of benzene rings is 1. The van der Waals surface area contributed by atoms with Gasteiger partial charge in [0.25, 0.3) is 0 Å². The van der Waals surface area contributed by atoms with Crippen LogP contribution in [-0.2, 0) is 13.6 Å². The minimum absolute atomic E-state index is 0.475. The van der Waals surface area contributed by atoms with Crippen LogP contribution in [0.3, 0.4) is 0 Å². The summed E-state index contributed by atoms with van der Waals surface area (Å²) in [5.74, 6) is 0. The maximum absolute atomic E-state index is 6.23. The van der Waals surface area contributed by atoms with Crippen molar-refractivity contribution in [2.75, 3.05) is 0 Å². The number of rotatable bonds is 1. The van der Waals surface area contributed by atoms with Crippen molar-refractivity contribution in [2.24, 2.45) is 12.8 Å². The second-order valence-electron chi connectivity index (χ2n) is 3.54. The van der Waals surface area contributed by atoms with Crippen LogP contribution in [0.1, 0.15) is 11.3 Å². The summed E-state index contributed by atoms with van der Waals surface area (Å²) >= 11 is 6.23. The molecule has 0 aliphatic rings. The SMILES string of the molecule is Cc1ccc2c(c1)c(Cl)c(CN)n2C. The number of aryl methyl sites for hydroxylation is 2. The van der Waals surface area contributed by atoms with Crippen molar-refractivity contribution in [2.45, 2.75) is 13.5 Å². The van der Waals surface area contributed by atoms with E-state index in [1.54, 1.807) is 0 Å². The lowest BCUT2D eigenvalue weighted by Crippen LogP contribution is -2.03. The third-order valence-electron chi connectivity index (χ3n) is 2.60. The Morgan fingerprint density at radius 3 is 2.79 bits per heavy atom. The van der Waals surface area contributed by atoms with E-state index in [0.717, 1.165) is 21.6 Å². The number of halogens is 1. The van der Waals surface area contributed by atoms with E-state index in [1.165, 1.54) is 5.56 Å². The first-order valence-electron chi connectivity index (χ1n) is 4.58. The Hall–Kier alpha value is -0.990. The van der Waals surface area contributed by atoms with Crippen LogP contribution < -0.4 is 5.73 Å². The largest absolute Gasteiger partial charge is 0.345 e. The number of nitrogens with two attached hydrogens (primary N) is 1. The van der Waals surface area contributed by atoms with Crippen LogP contribution in [0, 0.1) is 6.92 Å². The van der Waals surface area contributed by atoms with Gasteiger partial charge in [0.05, 0.1) is 10.7 Å². The normalized spacial score (nSPS) is 11.1. The van der Waals surface area contributed by atoms with Gasteiger partial charge in [0.1, 0.15) is 0 Å². The summed E-state index contributed by atoms with van der Waals surface area (Å²) in [5, 5.41) is 1.88. The van der Waals surface area contributed by atoms with E-state index in [4.69, 9.17) is 17.3 Å². The molecule has 1 heterocycles. The molecule has 0 aliphatic carbocycles.